The lowest BCUT2D eigenvalue weighted by Gasteiger charge is -2.12. The van der Waals surface area contributed by atoms with Crippen LogP contribution in [0.15, 0.2) is 29.1 Å². The lowest BCUT2D eigenvalue weighted by atomic mass is 9.97. The molecule has 0 fully saturated rings. The second-order valence-corrected chi connectivity index (χ2v) is 6.13. The van der Waals surface area contributed by atoms with Gasteiger partial charge in [-0.25, -0.2) is 9.97 Å². The van der Waals surface area contributed by atoms with Crippen molar-refractivity contribution in [3.8, 4) is 0 Å². The summed E-state index contributed by atoms with van der Waals surface area (Å²) in [4.78, 5) is 11.5. The molecule has 0 atom stereocenters. The average Bonchev–Trinajstić information content (AvgIpc) is 3.12. The van der Waals surface area contributed by atoms with E-state index in [1.54, 1.807) is 12.6 Å². The third kappa shape index (κ3) is 1.98. The van der Waals surface area contributed by atoms with Crippen LogP contribution >= 0.6 is 11.3 Å². The van der Waals surface area contributed by atoms with Gasteiger partial charge in [-0.15, -0.1) is 11.3 Å². The van der Waals surface area contributed by atoms with E-state index >= 15 is 0 Å². The molecular formula is C15H15N3OS. The molecule has 0 saturated carbocycles. The molecule has 1 N–H and O–H groups in total. The number of furan rings is 1. The van der Waals surface area contributed by atoms with E-state index in [0.29, 0.717) is 6.54 Å². The van der Waals surface area contributed by atoms with Crippen LogP contribution in [0.5, 0.6) is 0 Å². The van der Waals surface area contributed by atoms with Crippen LogP contribution in [0.1, 0.15) is 29.0 Å². The SMILES string of the molecule is c1coc(CNc2ncnc3sc4c(c23)CCCC4)c1. The Morgan fingerprint density at radius 1 is 1.25 bits per heavy atom. The largest absolute Gasteiger partial charge is 0.467 e. The molecule has 3 aromatic heterocycles. The van der Waals surface area contributed by atoms with Crippen LogP contribution in [0.4, 0.5) is 5.82 Å². The predicted octanol–water partition coefficient (Wildman–Crippen LogP) is 3.78. The van der Waals surface area contributed by atoms with Gasteiger partial charge in [-0.1, -0.05) is 0 Å². The zero-order valence-corrected chi connectivity index (χ0v) is 11.9. The van der Waals surface area contributed by atoms with Gasteiger partial charge < -0.3 is 9.73 Å². The maximum Gasteiger partial charge on any atom is 0.138 e. The molecule has 0 spiro atoms. The molecule has 0 aromatic carbocycles. The van der Waals surface area contributed by atoms with Gasteiger partial charge in [-0.2, -0.15) is 0 Å². The summed E-state index contributed by atoms with van der Waals surface area (Å²) in [5.74, 6) is 1.85. The maximum atomic E-state index is 5.36. The summed E-state index contributed by atoms with van der Waals surface area (Å²) in [7, 11) is 0. The molecule has 0 unspecified atom stereocenters. The van der Waals surface area contributed by atoms with E-state index in [1.165, 1.54) is 35.1 Å². The van der Waals surface area contributed by atoms with Gasteiger partial charge in [0.2, 0.25) is 0 Å². The van der Waals surface area contributed by atoms with Gasteiger partial charge in [0, 0.05) is 4.88 Å². The highest BCUT2D eigenvalue weighted by Crippen LogP contribution is 2.38. The Morgan fingerprint density at radius 3 is 3.10 bits per heavy atom. The number of aromatic nitrogens is 2. The van der Waals surface area contributed by atoms with Crippen LogP contribution in [0, 0.1) is 0 Å². The number of nitrogens with one attached hydrogen (secondary N) is 1. The first-order valence-corrected chi connectivity index (χ1v) is 7.75. The molecule has 0 bridgehead atoms. The summed E-state index contributed by atoms with van der Waals surface area (Å²) in [5, 5.41) is 4.61. The maximum absolute atomic E-state index is 5.36. The molecule has 3 heterocycles. The first kappa shape index (κ1) is 11.9. The summed E-state index contributed by atoms with van der Waals surface area (Å²) in [5.41, 5.74) is 1.46. The quantitative estimate of drug-likeness (QED) is 0.795. The first-order chi connectivity index (χ1) is 9.92. The summed E-state index contributed by atoms with van der Waals surface area (Å²) in [6.45, 7) is 0.656. The van der Waals surface area contributed by atoms with Gasteiger partial charge in [-0.3, -0.25) is 0 Å². The van der Waals surface area contributed by atoms with Gasteiger partial charge in [0.1, 0.15) is 22.7 Å². The van der Waals surface area contributed by atoms with E-state index in [0.717, 1.165) is 22.8 Å². The van der Waals surface area contributed by atoms with Gasteiger partial charge >= 0.3 is 0 Å². The molecular weight excluding hydrogens is 270 g/mol. The van der Waals surface area contributed by atoms with Crippen molar-refractivity contribution in [1.29, 1.82) is 0 Å². The van der Waals surface area contributed by atoms with Crippen molar-refractivity contribution >= 4 is 27.4 Å². The van der Waals surface area contributed by atoms with E-state index in [-0.39, 0.29) is 0 Å². The van der Waals surface area contributed by atoms with E-state index in [2.05, 4.69) is 15.3 Å². The van der Waals surface area contributed by atoms with E-state index in [1.807, 2.05) is 23.5 Å². The minimum atomic E-state index is 0.656. The number of rotatable bonds is 3. The molecule has 20 heavy (non-hydrogen) atoms. The third-order valence-electron chi connectivity index (χ3n) is 3.76. The minimum absolute atomic E-state index is 0.656. The molecule has 1 aliphatic carbocycles. The van der Waals surface area contributed by atoms with Crippen molar-refractivity contribution in [2.45, 2.75) is 32.2 Å². The van der Waals surface area contributed by atoms with Crippen LogP contribution in [-0.2, 0) is 19.4 Å². The molecule has 0 saturated heterocycles. The molecule has 3 aromatic rings. The van der Waals surface area contributed by atoms with Crippen LogP contribution < -0.4 is 5.32 Å². The highest BCUT2D eigenvalue weighted by atomic mass is 32.1. The second-order valence-electron chi connectivity index (χ2n) is 5.05. The van der Waals surface area contributed by atoms with Crippen molar-refractivity contribution in [2.75, 3.05) is 5.32 Å². The molecule has 0 aliphatic heterocycles. The van der Waals surface area contributed by atoms with Crippen molar-refractivity contribution in [3.05, 3.63) is 40.9 Å². The summed E-state index contributed by atoms with van der Waals surface area (Å²) in [6, 6.07) is 3.87. The Balaban J connectivity index is 1.73. The zero-order chi connectivity index (χ0) is 13.4. The number of hydrogen-bond donors (Lipinski definition) is 1. The monoisotopic (exact) mass is 285 g/mol. The number of nitrogens with zero attached hydrogens (tertiary/aromatic N) is 2. The fraction of sp³-hybridized carbons (Fsp3) is 0.333. The Hall–Kier alpha value is -1.88. The molecule has 0 radical (unpaired) electrons. The lowest BCUT2D eigenvalue weighted by Crippen LogP contribution is -2.03. The van der Waals surface area contributed by atoms with Gasteiger partial charge in [0.15, 0.2) is 0 Å². The highest BCUT2D eigenvalue weighted by Gasteiger charge is 2.19. The Kier molecular flexibility index (Phi) is 2.92. The smallest absolute Gasteiger partial charge is 0.138 e. The number of hydrogen-bond acceptors (Lipinski definition) is 5. The van der Waals surface area contributed by atoms with Crippen molar-refractivity contribution in [1.82, 2.24) is 9.97 Å². The second kappa shape index (κ2) is 4.90. The molecule has 4 nitrogen and oxygen atoms in total. The van der Waals surface area contributed by atoms with Crippen LogP contribution in [0.25, 0.3) is 10.2 Å². The van der Waals surface area contributed by atoms with Crippen molar-refractivity contribution < 1.29 is 4.42 Å². The van der Waals surface area contributed by atoms with E-state index in [4.69, 9.17) is 4.42 Å². The van der Waals surface area contributed by atoms with E-state index in [9.17, 15) is 0 Å². The van der Waals surface area contributed by atoms with Crippen LogP contribution in [0.3, 0.4) is 0 Å². The van der Waals surface area contributed by atoms with Gasteiger partial charge in [-0.05, 0) is 43.4 Å². The average molecular weight is 285 g/mol. The summed E-state index contributed by atoms with van der Waals surface area (Å²) < 4.78 is 5.36. The molecule has 102 valence electrons. The Labute approximate surface area is 120 Å². The minimum Gasteiger partial charge on any atom is -0.467 e. The van der Waals surface area contributed by atoms with Crippen LogP contribution in [-0.4, -0.2) is 9.97 Å². The lowest BCUT2D eigenvalue weighted by molar-refractivity contribution is 0.518. The zero-order valence-electron chi connectivity index (χ0n) is 11.1. The number of fused-ring (bicyclic) bond motifs is 3. The van der Waals surface area contributed by atoms with E-state index < -0.39 is 0 Å². The Morgan fingerprint density at radius 2 is 2.20 bits per heavy atom. The first-order valence-electron chi connectivity index (χ1n) is 6.93. The Bertz CT molecular complexity index is 733. The fourth-order valence-electron chi connectivity index (χ4n) is 2.81. The normalized spacial score (nSPS) is 14.4. The molecule has 1 aliphatic rings. The fourth-order valence-corrected chi connectivity index (χ4v) is 4.04. The number of aryl methyl sites for hydroxylation is 2. The topological polar surface area (TPSA) is 51.0 Å². The van der Waals surface area contributed by atoms with Gasteiger partial charge in [0.05, 0.1) is 18.2 Å². The molecule has 4 rings (SSSR count). The highest BCUT2D eigenvalue weighted by molar-refractivity contribution is 7.19. The van der Waals surface area contributed by atoms with Crippen LogP contribution in [0.2, 0.25) is 0 Å². The summed E-state index contributed by atoms with van der Waals surface area (Å²) in [6.07, 6.45) is 8.24. The predicted molar refractivity (Wildman–Crippen MR) is 80.1 cm³/mol. The van der Waals surface area contributed by atoms with Crippen molar-refractivity contribution in [2.24, 2.45) is 0 Å². The number of anilines is 1. The van der Waals surface area contributed by atoms with Gasteiger partial charge in [0.25, 0.3) is 0 Å². The number of thiophene rings is 1. The summed E-state index contributed by atoms with van der Waals surface area (Å²) >= 11 is 1.82. The van der Waals surface area contributed by atoms with Crippen molar-refractivity contribution in [3.63, 3.8) is 0 Å². The third-order valence-corrected chi connectivity index (χ3v) is 4.96. The standard InChI is InChI=1S/C15H15N3OS/c1-2-6-12-11(5-1)13-14(17-9-18-15(13)20-12)16-8-10-4-3-7-19-10/h3-4,7,9H,1-2,5-6,8H2,(H,16,17,18). The molecule has 0 amide bonds. The molecule has 5 heteroatoms.